The van der Waals surface area contributed by atoms with Gasteiger partial charge in [-0.05, 0) is 49.2 Å². The van der Waals surface area contributed by atoms with Crippen LogP contribution in [0.25, 0.3) is 11.1 Å². The van der Waals surface area contributed by atoms with Gasteiger partial charge in [0.05, 0.1) is 6.04 Å². The molecule has 0 spiro atoms. The number of aryl methyl sites for hydroxylation is 1. The summed E-state index contributed by atoms with van der Waals surface area (Å²) in [6.45, 7) is 4.17. The van der Waals surface area contributed by atoms with E-state index in [0.29, 0.717) is 29.7 Å². The second kappa shape index (κ2) is 8.67. The molecule has 1 heterocycles. The van der Waals surface area contributed by atoms with E-state index in [-0.39, 0.29) is 17.9 Å². The van der Waals surface area contributed by atoms with Crippen LogP contribution in [0, 0.1) is 18.6 Å². The zero-order valence-corrected chi connectivity index (χ0v) is 16.6. The van der Waals surface area contributed by atoms with Gasteiger partial charge in [0.25, 0.3) is 0 Å². The predicted octanol–water partition coefficient (Wildman–Crippen LogP) is 4.76. The van der Waals surface area contributed by atoms with E-state index >= 15 is 4.39 Å². The van der Waals surface area contributed by atoms with E-state index < -0.39 is 12.0 Å². The molecular formula is C21H25F3N2S. The summed E-state index contributed by atoms with van der Waals surface area (Å²) in [4.78, 5) is 1.94. The molecule has 0 aliphatic carbocycles. The Morgan fingerprint density at radius 3 is 2.70 bits per heavy atom. The predicted molar refractivity (Wildman–Crippen MR) is 107 cm³/mol. The third-order valence-electron chi connectivity index (χ3n) is 5.19. The summed E-state index contributed by atoms with van der Waals surface area (Å²) in [5.41, 5.74) is 2.27. The molecule has 0 radical (unpaired) electrons. The first-order valence-corrected chi connectivity index (χ1v) is 10.2. The van der Waals surface area contributed by atoms with Crippen LogP contribution < -0.4 is 4.72 Å². The van der Waals surface area contributed by atoms with Gasteiger partial charge in [-0.15, -0.1) is 0 Å². The molecule has 0 amide bonds. The monoisotopic (exact) mass is 394 g/mol. The molecule has 2 nitrogen and oxygen atoms in total. The van der Waals surface area contributed by atoms with Crippen molar-refractivity contribution in [3.8, 4) is 11.1 Å². The Hall–Kier alpha value is -1.50. The summed E-state index contributed by atoms with van der Waals surface area (Å²) >= 11 is 1.48. The third-order valence-corrected chi connectivity index (χ3v) is 5.92. The van der Waals surface area contributed by atoms with Crippen molar-refractivity contribution in [3.05, 3.63) is 59.2 Å². The van der Waals surface area contributed by atoms with Gasteiger partial charge in [0.2, 0.25) is 0 Å². The number of likely N-dealkylation sites (tertiary alicyclic amines) is 1. The minimum absolute atomic E-state index is 0.141. The van der Waals surface area contributed by atoms with E-state index in [4.69, 9.17) is 0 Å². The van der Waals surface area contributed by atoms with Gasteiger partial charge in [-0.3, -0.25) is 9.62 Å². The quantitative estimate of drug-likeness (QED) is 0.711. The minimum Gasteiger partial charge on any atom is -0.298 e. The highest BCUT2D eigenvalue weighted by molar-refractivity contribution is 7.97. The number of halogens is 3. The topological polar surface area (TPSA) is 15.3 Å². The van der Waals surface area contributed by atoms with Crippen molar-refractivity contribution < 1.29 is 13.2 Å². The van der Waals surface area contributed by atoms with Crippen molar-refractivity contribution in [2.45, 2.75) is 38.5 Å². The number of benzene rings is 2. The highest BCUT2D eigenvalue weighted by Gasteiger charge is 2.40. The summed E-state index contributed by atoms with van der Waals surface area (Å²) in [6, 6.07) is 9.07. The maximum Gasteiger partial charge on any atom is 0.134 e. The maximum absolute atomic E-state index is 15.3. The van der Waals surface area contributed by atoms with E-state index in [1.165, 1.54) is 24.1 Å². The first kappa shape index (κ1) is 20.2. The number of likely N-dealkylation sites (N-methyl/N-ethyl adjacent to an activating group) is 1. The fourth-order valence-corrected chi connectivity index (χ4v) is 4.37. The zero-order chi connectivity index (χ0) is 19.6. The number of alkyl halides is 1. The van der Waals surface area contributed by atoms with Crippen LogP contribution in [0.2, 0.25) is 0 Å². The Balaban J connectivity index is 1.90. The van der Waals surface area contributed by atoms with Crippen LogP contribution >= 0.6 is 11.9 Å². The minimum atomic E-state index is -0.990. The van der Waals surface area contributed by atoms with Gasteiger partial charge in [0.15, 0.2) is 0 Å². The number of nitrogens with zero attached hydrogens (tertiary/aromatic N) is 1. The lowest BCUT2D eigenvalue weighted by molar-refractivity contribution is 0.289. The fraction of sp³-hybridized carbons (Fsp3) is 0.429. The molecule has 3 unspecified atom stereocenters. The molecule has 0 aromatic heterocycles. The third kappa shape index (κ3) is 4.33. The standard InChI is InChI=1S/C21H25F3N2S/c1-4-27-25-21-18(23)12-26(3)19(21)10-14-6-5-7-16(20(14)24)17-11-15(22)9-8-13(17)2/h5-9,11,18-19,21,25H,4,10,12H2,1-3H3. The Morgan fingerprint density at radius 1 is 1.19 bits per heavy atom. The van der Waals surface area contributed by atoms with Crippen LogP contribution in [0.3, 0.4) is 0 Å². The molecule has 3 rings (SSSR count). The van der Waals surface area contributed by atoms with Crippen LogP contribution in [-0.4, -0.2) is 42.5 Å². The Bertz CT molecular complexity index is 799. The van der Waals surface area contributed by atoms with E-state index in [1.54, 1.807) is 24.3 Å². The summed E-state index contributed by atoms with van der Waals surface area (Å²) in [5, 5.41) is 0. The zero-order valence-electron chi connectivity index (χ0n) is 15.8. The smallest absolute Gasteiger partial charge is 0.134 e. The molecule has 0 bridgehead atoms. The van der Waals surface area contributed by atoms with Crippen LogP contribution in [0.15, 0.2) is 36.4 Å². The molecule has 2 aromatic rings. The largest absolute Gasteiger partial charge is 0.298 e. The maximum atomic E-state index is 15.3. The molecule has 2 aromatic carbocycles. The van der Waals surface area contributed by atoms with Gasteiger partial charge in [-0.1, -0.05) is 43.1 Å². The lowest BCUT2D eigenvalue weighted by atomic mass is 9.94. The lowest BCUT2D eigenvalue weighted by Gasteiger charge is -2.26. The molecule has 1 N–H and O–H groups in total. The van der Waals surface area contributed by atoms with E-state index in [9.17, 15) is 8.78 Å². The Labute approximate surface area is 163 Å². The second-order valence-electron chi connectivity index (χ2n) is 7.04. The number of nitrogens with one attached hydrogen (secondary N) is 1. The molecule has 146 valence electrons. The van der Waals surface area contributed by atoms with Crippen molar-refractivity contribution in [2.75, 3.05) is 19.3 Å². The van der Waals surface area contributed by atoms with Crippen molar-refractivity contribution in [3.63, 3.8) is 0 Å². The van der Waals surface area contributed by atoms with Gasteiger partial charge >= 0.3 is 0 Å². The number of rotatable bonds is 6. The number of hydrogen-bond acceptors (Lipinski definition) is 3. The number of hydrogen-bond donors (Lipinski definition) is 1. The van der Waals surface area contributed by atoms with Crippen LogP contribution in [0.1, 0.15) is 18.1 Å². The average Bonchev–Trinajstić information content (AvgIpc) is 2.90. The summed E-state index contributed by atoms with van der Waals surface area (Å²) in [7, 11) is 1.87. The average molecular weight is 395 g/mol. The van der Waals surface area contributed by atoms with Gasteiger partial charge < -0.3 is 0 Å². The molecule has 3 atom stereocenters. The summed E-state index contributed by atoms with van der Waals surface area (Å²) in [5.74, 6) is 0.0865. The second-order valence-corrected chi connectivity index (χ2v) is 8.14. The van der Waals surface area contributed by atoms with E-state index in [1.807, 2.05) is 25.8 Å². The van der Waals surface area contributed by atoms with Crippen molar-refractivity contribution >= 4 is 11.9 Å². The first-order chi connectivity index (χ1) is 12.9. The summed E-state index contributed by atoms with van der Waals surface area (Å²) < 4.78 is 46.5. The van der Waals surface area contributed by atoms with Crippen LogP contribution in [-0.2, 0) is 6.42 Å². The highest BCUT2D eigenvalue weighted by atomic mass is 32.2. The molecule has 6 heteroatoms. The van der Waals surface area contributed by atoms with Gasteiger partial charge in [0.1, 0.15) is 17.8 Å². The molecule has 1 saturated heterocycles. The van der Waals surface area contributed by atoms with E-state index in [0.717, 1.165) is 11.3 Å². The van der Waals surface area contributed by atoms with Gasteiger partial charge in [-0.2, -0.15) is 0 Å². The van der Waals surface area contributed by atoms with Crippen LogP contribution in [0.4, 0.5) is 13.2 Å². The van der Waals surface area contributed by atoms with Crippen molar-refractivity contribution in [1.82, 2.24) is 9.62 Å². The molecular weight excluding hydrogens is 369 g/mol. The normalized spacial score (nSPS) is 23.1. The lowest BCUT2D eigenvalue weighted by Crippen LogP contribution is -2.43. The Morgan fingerprint density at radius 2 is 1.96 bits per heavy atom. The first-order valence-electron chi connectivity index (χ1n) is 9.18. The summed E-state index contributed by atoms with van der Waals surface area (Å²) in [6.07, 6.45) is -0.594. The fourth-order valence-electron chi connectivity index (χ4n) is 3.71. The highest BCUT2D eigenvalue weighted by Crippen LogP contribution is 2.31. The van der Waals surface area contributed by atoms with Gasteiger partial charge in [-0.25, -0.2) is 13.2 Å². The Kier molecular flexibility index (Phi) is 6.50. The van der Waals surface area contributed by atoms with Crippen molar-refractivity contribution in [1.29, 1.82) is 0 Å². The molecule has 0 saturated carbocycles. The van der Waals surface area contributed by atoms with Gasteiger partial charge in [0, 0.05) is 23.9 Å². The van der Waals surface area contributed by atoms with Crippen molar-refractivity contribution in [2.24, 2.45) is 0 Å². The van der Waals surface area contributed by atoms with E-state index in [2.05, 4.69) is 4.72 Å². The SMILES string of the molecule is CCSNC1C(F)CN(C)C1Cc1cccc(-c2cc(F)ccc2C)c1F. The molecule has 27 heavy (non-hydrogen) atoms. The molecule has 1 aliphatic rings. The van der Waals surface area contributed by atoms with Crippen LogP contribution in [0.5, 0.6) is 0 Å². The molecule has 1 aliphatic heterocycles. The molecule has 1 fully saturated rings.